The van der Waals surface area contributed by atoms with Gasteiger partial charge < -0.3 is 5.11 Å². The van der Waals surface area contributed by atoms with E-state index in [9.17, 15) is 13.9 Å². The fourth-order valence-electron chi connectivity index (χ4n) is 1.01. The van der Waals surface area contributed by atoms with Crippen LogP contribution in [0.15, 0.2) is 24.3 Å². The molecule has 0 aliphatic heterocycles. The minimum Gasteiger partial charge on any atom is -0.506 e. The molecule has 14 heavy (non-hydrogen) atoms. The third-order valence-electron chi connectivity index (χ3n) is 1.65. The van der Waals surface area contributed by atoms with Gasteiger partial charge in [0.25, 0.3) is 6.43 Å². The summed E-state index contributed by atoms with van der Waals surface area (Å²) in [5, 5.41) is 9.38. The van der Waals surface area contributed by atoms with Crippen LogP contribution in [0.5, 0.6) is 0 Å². The number of hydrogen-bond donors (Lipinski definition) is 1. The lowest BCUT2D eigenvalue weighted by molar-refractivity contribution is 0.146. The molecule has 2 nitrogen and oxygen atoms in total. The molecule has 0 saturated heterocycles. The van der Waals surface area contributed by atoms with Crippen LogP contribution in [0, 0.1) is 0 Å². The molecule has 0 bridgehead atoms. The quantitative estimate of drug-likeness (QED) is 0.757. The smallest absolute Gasteiger partial charge is 0.280 e. The molecule has 1 aromatic rings. The summed E-state index contributed by atoms with van der Waals surface area (Å²) in [5.41, 5.74) is -0.136. The first-order chi connectivity index (χ1) is 6.65. The zero-order chi connectivity index (χ0) is 10.6. The molecule has 1 aromatic heterocycles. The zero-order valence-corrected chi connectivity index (χ0v) is 7.74. The lowest BCUT2D eigenvalue weighted by Gasteiger charge is -2.02. The highest BCUT2D eigenvalue weighted by Gasteiger charge is 2.09. The maximum absolute atomic E-state index is 12.2. The molecule has 0 spiro atoms. The molecular formula is C10H11F2NO. The Labute approximate surface area is 80.9 Å². The van der Waals surface area contributed by atoms with Crippen molar-refractivity contribution in [2.45, 2.75) is 19.8 Å². The summed E-state index contributed by atoms with van der Waals surface area (Å²) in [7, 11) is 0. The highest BCUT2D eigenvalue weighted by molar-refractivity contribution is 5.54. The van der Waals surface area contributed by atoms with Crippen molar-refractivity contribution in [3.8, 4) is 0 Å². The van der Waals surface area contributed by atoms with E-state index >= 15 is 0 Å². The number of aliphatic hydroxyl groups excluding tert-OH is 1. The van der Waals surface area contributed by atoms with E-state index in [0.717, 1.165) is 0 Å². The average Bonchev–Trinajstić information content (AvgIpc) is 2.18. The number of halogens is 2. The molecule has 0 radical (unpaired) electrons. The van der Waals surface area contributed by atoms with Gasteiger partial charge in [-0.3, -0.25) is 0 Å². The molecule has 0 aromatic carbocycles. The van der Waals surface area contributed by atoms with Gasteiger partial charge in [0.15, 0.2) is 0 Å². The van der Waals surface area contributed by atoms with E-state index in [0.29, 0.717) is 6.42 Å². The van der Waals surface area contributed by atoms with Crippen molar-refractivity contribution in [3.05, 3.63) is 35.7 Å². The van der Waals surface area contributed by atoms with Gasteiger partial charge in [-0.25, -0.2) is 13.8 Å². The Morgan fingerprint density at radius 2 is 2.29 bits per heavy atom. The summed E-state index contributed by atoms with van der Waals surface area (Å²) in [6.45, 7) is 1.84. The van der Waals surface area contributed by atoms with Crippen LogP contribution < -0.4 is 0 Å². The topological polar surface area (TPSA) is 33.1 Å². The van der Waals surface area contributed by atoms with Crippen LogP contribution >= 0.6 is 0 Å². The second-order valence-electron chi connectivity index (χ2n) is 2.75. The Morgan fingerprint density at radius 1 is 1.57 bits per heavy atom. The molecule has 76 valence electrons. The molecule has 1 heterocycles. The average molecular weight is 199 g/mol. The summed E-state index contributed by atoms with van der Waals surface area (Å²) in [5.74, 6) is -0.0602. The fraction of sp³-hybridized carbons (Fsp3) is 0.300. The van der Waals surface area contributed by atoms with Crippen molar-refractivity contribution in [3.63, 3.8) is 0 Å². The van der Waals surface area contributed by atoms with Gasteiger partial charge in [0.2, 0.25) is 0 Å². The van der Waals surface area contributed by atoms with E-state index in [1.807, 2.05) is 6.92 Å². The molecule has 0 atom stereocenters. The molecular weight excluding hydrogens is 188 g/mol. The van der Waals surface area contributed by atoms with E-state index in [4.69, 9.17) is 0 Å². The third kappa shape index (κ3) is 2.52. The molecule has 0 aliphatic carbocycles. The van der Waals surface area contributed by atoms with Gasteiger partial charge in [-0.15, -0.1) is 0 Å². The van der Waals surface area contributed by atoms with Gasteiger partial charge in [-0.1, -0.05) is 13.0 Å². The van der Waals surface area contributed by atoms with Gasteiger partial charge in [0.1, 0.15) is 17.1 Å². The van der Waals surface area contributed by atoms with Crippen molar-refractivity contribution in [2.24, 2.45) is 0 Å². The molecule has 1 rings (SSSR count). The van der Waals surface area contributed by atoms with Crippen LogP contribution in [0.2, 0.25) is 0 Å². The number of nitrogens with zero attached hydrogens (tertiary/aromatic N) is 1. The molecule has 0 fully saturated rings. The van der Waals surface area contributed by atoms with Gasteiger partial charge in [-0.2, -0.15) is 0 Å². The third-order valence-corrected chi connectivity index (χ3v) is 1.65. The Hall–Kier alpha value is -1.45. The Kier molecular flexibility index (Phi) is 3.56. The van der Waals surface area contributed by atoms with Crippen molar-refractivity contribution >= 4 is 5.76 Å². The summed E-state index contributed by atoms with van der Waals surface area (Å²) in [6.07, 6.45) is -0.450. The standard InChI is InChI=1S/C10H11F2NO/c1-2-4-9(14)7-5-3-6-8(13-7)10(11)12/h3-6,10,14H,2H2,1H3/b9-4+. The van der Waals surface area contributed by atoms with E-state index in [1.54, 1.807) is 0 Å². The number of aliphatic hydroxyl groups is 1. The predicted octanol–water partition coefficient (Wildman–Crippen LogP) is 3.33. The van der Waals surface area contributed by atoms with E-state index in [2.05, 4.69) is 4.98 Å². The second-order valence-corrected chi connectivity index (χ2v) is 2.75. The summed E-state index contributed by atoms with van der Waals surface area (Å²) in [4.78, 5) is 3.62. The van der Waals surface area contributed by atoms with Gasteiger partial charge in [0.05, 0.1) is 0 Å². The zero-order valence-electron chi connectivity index (χ0n) is 7.74. The number of allylic oxidation sites excluding steroid dienone is 1. The first kappa shape index (κ1) is 10.6. The first-order valence-electron chi connectivity index (χ1n) is 4.29. The second kappa shape index (κ2) is 4.69. The van der Waals surface area contributed by atoms with Crippen LogP contribution in [0.4, 0.5) is 8.78 Å². The van der Waals surface area contributed by atoms with E-state index < -0.39 is 6.43 Å². The first-order valence-corrected chi connectivity index (χ1v) is 4.29. The lowest BCUT2D eigenvalue weighted by atomic mass is 10.2. The minimum atomic E-state index is -2.61. The SMILES string of the molecule is CC/C=C(/O)c1cccc(C(F)F)n1. The van der Waals surface area contributed by atoms with Crippen LogP contribution in [-0.4, -0.2) is 10.1 Å². The Morgan fingerprint density at radius 3 is 2.86 bits per heavy atom. The van der Waals surface area contributed by atoms with Crippen molar-refractivity contribution in [2.75, 3.05) is 0 Å². The molecule has 0 unspecified atom stereocenters. The normalized spacial score (nSPS) is 12.1. The summed E-state index contributed by atoms with van der Waals surface area (Å²) < 4.78 is 24.5. The highest BCUT2D eigenvalue weighted by atomic mass is 19.3. The highest BCUT2D eigenvalue weighted by Crippen LogP contribution is 2.18. The summed E-state index contributed by atoms with van der Waals surface area (Å²) in [6, 6.07) is 4.17. The Balaban J connectivity index is 2.99. The van der Waals surface area contributed by atoms with Crippen LogP contribution in [0.25, 0.3) is 5.76 Å². The fourth-order valence-corrected chi connectivity index (χ4v) is 1.01. The van der Waals surface area contributed by atoms with Crippen molar-refractivity contribution < 1.29 is 13.9 Å². The van der Waals surface area contributed by atoms with Gasteiger partial charge >= 0.3 is 0 Å². The molecule has 0 amide bonds. The monoisotopic (exact) mass is 199 g/mol. The van der Waals surface area contributed by atoms with E-state index in [1.165, 1.54) is 24.3 Å². The van der Waals surface area contributed by atoms with E-state index in [-0.39, 0.29) is 17.1 Å². The van der Waals surface area contributed by atoms with Crippen molar-refractivity contribution in [1.82, 2.24) is 4.98 Å². The Bertz CT molecular complexity index is 337. The number of pyridine rings is 1. The maximum Gasteiger partial charge on any atom is 0.280 e. The minimum absolute atomic E-state index is 0.0602. The van der Waals surface area contributed by atoms with Crippen LogP contribution in [0.1, 0.15) is 31.2 Å². The molecule has 0 aliphatic rings. The predicted molar refractivity (Wildman–Crippen MR) is 50.1 cm³/mol. The van der Waals surface area contributed by atoms with Gasteiger partial charge in [0, 0.05) is 0 Å². The number of alkyl halides is 2. The lowest BCUT2D eigenvalue weighted by Crippen LogP contribution is -1.94. The summed E-state index contributed by atoms with van der Waals surface area (Å²) >= 11 is 0. The largest absolute Gasteiger partial charge is 0.506 e. The molecule has 4 heteroatoms. The number of aromatic nitrogens is 1. The van der Waals surface area contributed by atoms with Crippen LogP contribution in [0.3, 0.4) is 0 Å². The van der Waals surface area contributed by atoms with Gasteiger partial charge in [-0.05, 0) is 24.6 Å². The molecule has 0 saturated carbocycles. The molecule has 1 N–H and O–H groups in total. The maximum atomic E-state index is 12.2. The van der Waals surface area contributed by atoms with Crippen molar-refractivity contribution in [1.29, 1.82) is 0 Å². The van der Waals surface area contributed by atoms with Crippen LogP contribution in [-0.2, 0) is 0 Å². The number of rotatable bonds is 3. The number of hydrogen-bond acceptors (Lipinski definition) is 2.